The summed E-state index contributed by atoms with van der Waals surface area (Å²) >= 11 is 5.96. The molecule has 2 atom stereocenters. The van der Waals surface area contributed by atoms with Crippen LogP contribution in [0.25, 0.3) is 0 Å². The highest BCUT2D eigenvalue weighted by Gasteiger charge is 2.24. The lowest BCUT2D eigenvalue weighted by atomic mass is 10.1. The first-order chi connectivity index (χ1) is 9.09. The molecule has 2 rings (SSSR count). The SMILES string of the molecule is CC(NC(=O)C1COCCN1)c1c(F)cccc1Cl.Cl. The highest BCUT2D eigenvalue weighted by Crippen LogP contribution is 2.25. The van der Waals surface area contributed by atoms with Crippen LogP contribution in [0.3, 0.4) is 0 Å². The molecule has 1 fully saturated rings. The van der Waals surface area contributed by atoms with Crippen molar-refractivity contribution >= 4 is 29.9 Å². The van der Waals surface area contributed by atoms with E-state index in [1.807, 2.05) is 0 Å². The number of benzene rings is 1. The Balaban J connectivity index is 0.00000200. The van der Waals surface area contributed by atoms with Gasteiger partial charge in [-0.1, -0.05) is 17.7 Å². The predicted molar refractivity (Wildman–Crippen MR) is 77.8 cm³/mol. The summed E-state index contributed by atoms with van der Waals surface area (Å²) in [5.74, 6) is -0.639. The minimum absolute atomic E-state index is 0. The van der Waals surface area contributed by atoms with E-state index in [0.717, 1.165) is 0 Å². The molecule has 1 aliphatic heterocycles. The maximum atomic E-state index is 13.7. The van der Waals surface area contributed by atoms with Crippen molar-refractivity contribution in [3.05, 3.63) is 34.6 Å². The van der Waals surface area contributed by atoms with Gasteiger partial charge in [0.15, 0.2) is 0 Å². The fraction of sp³-hybridized carbons (Fsp3) is 0.462. The normalized spacial score (nSPS) is 19.9. The van der Waals surface area contributed by atoms with Crippen molar-refractivity contribution in [2.75, 3.05) is 19.8 Å². The van der Waals surface area contributed by atoms with E-state index in [0.29, 0.717) is 30.3 Å². The molecule has 0 saturated carbocycles. The Morgan fingerprint density at radius 1 is 1.60 bits per heavy atom. The molecule has 0 aliphatic carbocycles. The van der Waals surface area contributed by atoms with Gasteiger partial charge in [-0.15, -0.1) is 12.4 Å². The van der Waals surface area contributed by atoms with E-state index in [-0.39, 0.29) is 18.3 Å². The van der Waals surface area contributed by atoms with Crippen LogP contribution in [0.5, 0.6) is 0 Å². The molecule has 0 radical (unpaired) electrons. The van der Waals surface area contributed by atoms with Crippen LogP contribution >= 0.6 is 24.0 Å². The summed E-state index contributed by atoms with van der Waals surface area (Å²) in [4.78, 5) is 12.0. The number of carbonyl (C=O) groups is 1. The van der Waals surface area contributed by atoms with Crippen LogP contribution in [-0.4, -0.2) is 31.7 Å². The summed E-state index contributed by atoms with van der Waals surface area (Å²) < 4.78 is 18.9. The average Bonchev–Trinajstić information content (AvgIpc) is 2.39. The molecule has 2 unspecified atom stereocenters. The van der Waals surface area contributed by atoms with Crippen LogP contribution in [0.15, 0.2) is 18.2 Å². The second kappa shape index (κ2) is 7.78. The topological polar surface area (TPSA) is 50.4 Å². The lowest BCUT2D eigenvalue weighted by molar-refractivity contribution is -0.126. The van der Waals surface area contributed by atoms with E-state index in [2.05, 4.69) is 10.6 Å². The fourth-order valence-corrected chi connectivity index (χ4v) is 2.37. The van der Waals surface area contributed by atoms with Crippen LogP contribution in [0.2, 0.25) is 5.02 Å². The van der Waals surface area contributed by atoms with Crippen molar-refractivity contribution in [1.82, 2.24) is 10.6 Å². The quantitative estimate of drug-likeness (QED) is 0.895. The van der Waals surface area contributed by atoms with Gasteiger partial charge in [-0.2, -0.15) is 0 Å². The summed E-state index contributed by atoms with van der Waals surface area (Å²) in [6.07, 6.45) is 0. The van der Waals surface area contributed by atoms with E-state index in [4.69, 9.17) is 16.3 Å². The van der Waals surface area contributed by atoms with E-state index in [1.165, 1.54) is 12.1 Å². The molecule has 1 aromatic carbocycles. The van der Waals surface area contributed by atoms with Crippen LogP contribution in [-0.2, 0) is 9.53 Å². The van der Waals surface area contributed by atoms with Gasteiger partial charge in [0.2, 0.25) is 5.91 Å². The molecule has 1 heterocycles. The van der Waals surface area contributed by atoms with E-state index in [9.17, 15) is 9.18 Å². The highest BCUT2D eigenvalue weighted by molar-refractivity contribution is 6.31. The summed E-state index contributed by atoms with van der Waals surface area (Å²) in [5.41, 5.74) is 0.300. The fourth-order valence-electron chi connectivity index (χ4n) is 2.04. The molecule has 0 bridgehead atoms. The Kier molecular flexibility index (Phi) is 6.68. The number of amides is 1. The Labute approximate surface area is 128 Å². The first-order valence-corrected chi connectivity index (χ1v) is 6.53. The van der Waals surface area contributed by atoms with Crippen LogP contribution in [0.1, 0.15) is 18.5 Å². The zero-order valence-corrected chi connectivity index (χ0v) is 12.6. The van der Waals surface area contributed by atoms with Gasteiger partial charge in [-0.05, 0) is 19.1 Å². The third-order valence-electron chi connectivity index (χ3n) is 3.03. The number of carbonyl (C=O) groups excluding carboxylic acids is 1. The summed E-state index contributed by atoms with van der Waals surface area (Å²) in [5, 5.41) is 6.09. The van der Waals surface area contributed by atoms with Crippen molar-refractivity contribution < 1.29 is 13.9 Å². The van der Waals surface area contributed by atoms with Crippen LogP contribution in [0, 0.1) is 5.82 Å². The van der Waals surface area contributed by atoms with Gasteiger partial charge in [-0.25, -0.2) is 4.39 Å². The third-order valence-corrected chi connectivity index (χ3v) is 3.36. The Hall–Kier alpha value is -0.880. The molecule has 1 aliphatic rings. The summed E-state index contributed by atoms with van der Waals surface area (Å²) in [6, 6.07) is 3.56. The molecular weight excluding hydrogens is 306 g/mol. The van der Waals surface area contributed by atoms with E-state index >= 15 is 0 Å². The van der Waals surface area contributed by atoms with Gasteiger partial charge in [0.25, 0.3) is 0 Å². The van der Waals surface area contributed by atoms with E-state index in [1.54, 1.807) is 13.0 Å². The summed E-state index contributed by atoms with van der Waals surface area (Å²) in [6.45, 7) is 3.25. The lowest BCUT2D eigenvalue weighted by Gasteiger charge is -2.25. The molecule has 0 spiro atoms. The van der Waals surface area contributed by atoms with Gasteiger partial charge in [0, 0.05) is 17.1 Å². The zero-order chi connectivity index (χ0) is 13.8. The molecule has 20 heavy (non-hydrogen) atoms. The highest BCUT2D eigenvalue weighted by atomic mass is 35.5. The Morgan fingerprint density at radius 2 is 2.35 bits per heavy atom. The number of rotatable bonds is 3. The maximum absolute atomic E-state index is 13.7. The van der Waals surface area contributed by atoms with Crippen molar-refractivity contribution in [2.24, 2.45) is 0 Å². The first kappa shape index (κ1) is 17.2. The molecule has 1 aromatic rings. The standard InChI is InChI=1S/C13H16ClFN2O2.ClH/c1-8(12-9(14)3-2-4-10(12)15)17-13(18)11-7-19-6-5-16-11;/h2-4,8,11,16H,5-7H2,1H3,(H,17,18);1H. The van der Waals surface area contributed by atoms with Gasteiger partial charge < -0.3 is 15.4 Å². The zero-order valence-electron chi connectivity index (χ0n) is 11.0. The van der Waals surface area contributed by atoms with Crippen molar-refractivity contribution in [3.8, 4) is 0 Å². The smallest absolute Gasteiger partial charge is 0.240 e. The minimum Gasteiger partial charge on any atom is -0.378 e. The lowest BCUT2D eigenvalue weighted by Crippen LogP contribution is -2.51. The number of halogens is 3. The first-order valence-electron chi connectivity index (χ1n) is 6.15. The van der Waals surface area contributed by atoms with Gasteiger partial charge in [0.1, 0.15) is 11.9 Å². The monoisotopic (exact) mass is 322 g/mol. The molecule has 4 nitrogen and oxygen atoms in total. The molecule has 0 aromatic heterocycles. The molecular formula is C13H17Cl2FN2O2. The van der Waals surface area contributed by atoms with Gasteiger partial charge in [0.05, 0.1) is 19.3 Å². The molecule has 112 valence electrons. The Bertz CT molecular complexity index is 447. The molecule has 2 N–H and O–H groups in total. The van der Waals surface area contributed by atoms with Crippen molar-refractivity contribution in [3.63, 3.8) is 0 Å². The second-order valence-corrected chi connectivity index (χ2v) is 4.85. The number of morpholine rings is 1. The Morgan fingerprint density at radius 3 is 2.95 bits per heavy atom. The van der Waals surface area contributed by atoms with Crippen LogP contribution < -0.4 is 10.6 Å². The number of ether oxygens (including phenoxy) is 1. The largest absolute Gasteiger partial charge is 0.378 e. The average molecular weight is 323 g/mol. The number of nitrogens with one attached hydrogen (secondary N) is 2. The van der Waals surface area contributed by atoms with Crippen LogP contribution in [0.4, 0.5) is 4.39 Å². The van der Waals surface area contributed by atoms with Crippen molar-refractivity contribution in [1.29, 1.82) is 0 Å². The van der Waals surface area contributed by atoms with Crippen molar-refractivity contribution in [2.45, 2.75) is 19.0 Å². The molecule has 1 saturated heterocycles. The van der Waals surface area contributed by atoms with E-state index < -0.39 is 17.9 Å². The third kappa shape index (κ3) is 4.06. The predicted octanol–water partition coefficient (Wildman–Crippen LogP) is 2.07. The maximum Gasteiger partial charge on any atom is 0.240 e. The summed E-state index contributed by atoms with van der Waals surface area (Å²) in [7, 11) is 0. The second-order valence-electron chi connectivity index (χ2n) is 4.45. The molecule has 1 amide bonds. The number of hydrogen-bond donors (Lipinski definition) is 2. The number of hydrogen-bond acceptors (Lipinski definition) is 3. The van der Waals surface area contributed by atoms with Gasteiger partial charge >= 0.3 is 0 Å². The minimum atomic E-state index is -0.495. The van der Waals surface area contributed by atoms with Gasteiger partial charge in [-0.3, -0.25) is 4.79 Å². The molecule has 7 heteroatoms.